The maximum absolute atomic E-state index is 5.38. The van der Waals surface area contributed by atoms with E-state index in [1.165, 1.54) is 52.5 Å². The summed E-state index contributed by atoms with van der Waals surface area (Å²) in [5.74, 6) is 1.84. The van der Waals surface area contributed by atoms with E-state index in [0.717, 1.165) is 44.1 Å². The van der Waals surface area contributed by atoms with Crippen molar-refractivity contribution in [3.8, 4) is 39.9 Å². The van der Waals surface area contributed by atoms with Crippen molar-refractivity contribution in [3.63, 3.8) is 0 Å². The molecule has 12 aromatic rings. The Kier molecular flexibility index (Phi) is 6.76. The van der Waals surface area contributed by atoms with Crippen LogP contribution in [0.2, 0.25) is 0 Å². The molecule has 0 atom stereocenters. The van der Waals surface area contributed by atoms with Crippen LogP contribution in [0.1, 0.15) is 0 Å². The molecule has 9 aromatic carbocycles. The second-order valence-corrected chi connectivity index (χ2v) is 15.4. The molecular formula is C51H30N4S. The number of thiophene rings is 1. The van der Waals surface area contributed by atoms with Crippen LogP contribution in [0.3, 0.4) is 0 Å². The topological polar surface area (TPSA) is 43.6 Å². The van der Waals surface area contributed by atoms with Gasteiger partial charge in [0.25, 0.3) is 0 Å². The first-order valence-corrected chi connectivity index (χ1v) is 19.7. The first kappa shape index (κ1) is 31.2. The highest BCUT2D eigenvalue weighted by Crippen LogP contribution is 2.42. The SMILES string of the molecule is c1ccc(-c2nc(-c3ccc4c5ccccc5c5ccccc5c4c3)nc(-n3c4ccccc4c4cccc(-c5ccc6c(c5)sc5ccccc56)c43)n2)cc1. The molecule has 0 radical (unpaired) electrons. The summed E-state index contributed by atoms with van der Waals surface area (Å²) in [7, 11) is 0. The van der Waals surface area contributed by atoms with Crippen molar-refractivity contribution < 1.29 is 0 Å². The fraction of sp³-hybridized carbons (Fsp3) is 0. The van der Waals surface area contributed by atoms with Crippen molar-refractivity contribution in [3.05, 3.63) is 182 Å². The summed E-state index contributed by atoms with van der Waals surface area (Å²) in [5.41, 5.74) is 6.28. The predicted octanol–water partition coefficient (Wildman–Crippen LogP) is 13.8. The van der Waals surface area contributed by atoms with Crippen LogP contribution in [0.15, 0.2) is 182 Å². The minimum absolute atomic E-state index is 0.582. The zero-order chi connectivity index (χ0) is 36.7. The molecule has 0 N–H and O–H groups in total. The molecule has 4 nitrogen and oxygen atoms in total. The molecule has 3 aromatic heterocycles. The van der Waals surface area contributed by atoms with E-state index in [1.54, 1.807) is 0 Å². The summed E-state index contributed by atoms with van der Waals surface area (Å²) in [6.07, 6.45) is 0. The maximum Gasteiger partial charge on any atom is 0.238 e. The highest BCUT2D eigenvalue weighted by Gasteiger charge is 2.21. The lowest BCUT2D eigenvalue weighted by molar-refractivity contribution is 0.954. The van der Waals surface area contributed by atoms with Gasteiger partial charge in [0, 0.05) is 47.6 Å². The van der Waals surface area contributed by atoms with Crippen molar-refractivity contribution in [2.75, 3.05) is 0 Å². The highest BCUT2D eigenvalue weighted by molar-refractivity contribution is 7.25. The molecule has 0 saturated carbocycles. The van der Waals surface area contributed by atoms with E-state index in [2.05, 4.69) is 168 Å². The molecule has 3 heterocycles. The zero-order valence-corrected chi connectivity index (χ0v) is 30.8. The lowest BCUT2D eigenvalue weighted by atomic mass is 9.93. The van der Waals surface area contributed by atoms with E-state index in [0.29, 0.717) is 17.6 Å². The highest BCUT2D eigenvalue weighted by atomic mass is 32.1. The van der Waals surface area contributed by atoms with Crippen molar-refractivity contribution in [1.29, 1.82) is 0 Å². The molecule has 0 aliphatic heterocycles. The van der Waals surface area contributed by atoms with Crippen LogP contribution >= 0.6 is 11.3 Å². The molecule has 5 heteroatoms. The second kappa shape index (κ2) is 12.2. The Morgan fingerprint density at radius 1 is 0.339 bits per heavy atom. The predicted molar refractivity (Wildman–Crippen MR) is 236 cm³/mol. The van der Waals surface area contributed by atoms with Crippen LogP contribution in [0.25, 0.3) is 114 Å². The fourth-order valence-electron chi connectivity index (χ4n) is 8.71. The lowest BCUT2D eigenvalue weighted by Crippen LogP contribution is -2.07. The van der Waals surface area contributed by atoms with Gasteiger partial charge in [-0.2, -0.15) is 9.97 Å². The normalized spacial score (nSPS) is 11.9. The Morgan fingerprint density at radius 2 is 0.893 bits per heavy atom. The minimum Gasteiger partial charge on any atom is -0.277 e. The fourth-order valence-corrected chi connectivity index (χ4v) is 9.85. The number of nitrogens with zero attached hydrogens (tertiary/aromatic N) is 4. The number of benzene rings is 9. The van der Waals surface area contributed by atoms with Crippen LogP contribution < -0.4 is 0 Å². The van der Waals surface area contributed by atoms with E-state index in [1.807, 2.05) is 29.5 Å². The molecule has 260 valence electrons. The van der Waals surface area contributed by atoms with Gasteiger partial charge in [-0.05, 0) is 62.1 Å². The van der Waals surface area contributed by atoms with Gasteiger partial charge in [0.1, 0.15) is 0 Å². The number of fused-ring (bicyclic) bond motifs is 12. The van der Waals surface area contributed by atoms with E-state index in [9.17, 15) is 0 Å². The van der Waals surface area contributed by atoms with E-state index < -0.39 is 0 Å². The third kappa shape index (κ3) is 4.68. The molecule has 0 amide bonds. The molecular weight excluding hydrogens is 701 g/mol. The van der Waals surface area contributed by atoms with E-state index in [-0.39, 0.29) is 0 Å². The molecule has 0 saturated heterocycles. The Morgan fingerprint density at radius 3 is 1.66 bits per heavy atom. The number of hydrogen-bond acceptors (Lipinski definition) is 4. The van der Waals surface area contributed by atoms with E-state index in [4.69, 9.17) is 15.0 Å². The quantitative estimate of drug-likeness (QED) is 0.169. The van der Waals surface area contributed by atoms with Gasteiger partial charge in [0.15, 0.2) is 11.6 Å². The van der Waals surface area contributed by atoms with E-state index >= 15 is 0 Å². The standard InChI is InChI=1S/C51H30N4S/c1-2-13-31(14-3-1)49-52-50(33-26-27-39-37-17-5-4-15-35(37)36-16-6-7-18-38(36)44(39)29-33)54-51(53-49)55-45-23-10-8-19-40(45)43-22-12-21-34(48(43)55)32-25-28-42-41-20-9-11-24-46(41)56-47(42)30-32/h1-30H. The molecule has 0 bridgehead atoms. The molecule has 56 heavy (non-hydrogen) atoms. The molecule has 0 aliphatic rings. The number of aromatic nitrogens is 4. The van der Waals surface area contributed by atoms with Crippen molar-refractivity contribution in [1.82, 2.24) is 19.5 Å². The van der Waals surface area contributed by atoms with Gasteiger partial charge >= 0.3 is 0 Å². The van der Waals surface area contributed by atoms with Crippen LogP contribution in [0, 0.1) is 0 Å². The first-order valence-electron chi connectivity index (χ1n) is 18.9. The molecule has 0 aliphatic carbocycles. The van der Waals surface area contributed by atoms with Crippen LogP contribution in [0.5, 0.6) is 0 Å². The van der Waals surface area contributed by atoms with Gasteiger partial charge in [-0.25, -0.2) is 4.98 Å². The minimum atomic E-state index is 0.582. The summed E-state index contributed by atoms with van der Waals surface area (Å²) in [6.45, 7) is 0. The molecule has 12 rings (SSSR count). The summed E-state index contributed by atoms with van der Waals surface area (Å²) in [4.78, 5) is 15.9. The van der Waals surface area contributed by atoms with Crippen LogP contribution in [0.4, 0.5) is 0 Å². The number of hydrogen-bond donors (Lipinski definition) is 0. The average molecular weight is 731 g/mol. The smallest absolute Gasteiger partial charge is 0.238 e. The summed E-state index contributed by atoms with van der Waals surface area (Å²) < 4.78 is 4.82. The Labute approximate surface area is 325 Å². The largest absolute Gasteiger partial charge is 0.277 e. The lowest BCUT2D eigenvalue weighted by Gasteiger charge is -2.14. The van der Waals surface area contributed by atoms with Gasteiger partial charge in [-0.1, -0.05) is 158 Å². The molecule has 0 fully saturated rings. The molecule has 0 unspecified atom stereocenters. The number of rotatable bonds is 4. The number of para-hydroxylation sites is 2. The Hall–Kier alpha value is -7.21. The van der Waals surface area contributed by atoms with Gasteiger partial charge in [0.2, 0.25) is 5.95 Å². The monoisotopic (exact) mass is 730 g/mol. The van der Waals surface area contributed by atoms with Crippen molar-refractivity contribution in [2.24, 2.45) is 0 Å². The second-order valence-electron chi connectivity index (χ2n) is 14.4. The van der Waals surface area contributed by atoms with Crippen LogP contribution in [-0.2, 0) is 0 Å². The first-order chi connectivity index (χ1) is 27.8. The van der Waals surface area contributed by atoms with Gasteiger partial charge < -0.3 is 0 Å². The molecule has 0 spiro atoms. The third-order valence-electron chi connectivity index (χ3n) is 11.2. The van der Waals surface area contributed by atoms with Crippen molar-refractivity contribution in [2.45, 2.75) is 0 Å². The Bertz CT molecular complexity index is 3510. The average Bonchev–Trinajstić information content (AvgIpc) is 3.82. The third-order valence-corrected chi connectivity index (χ3v) is 12.4. The maximum atomic E-state index is 5.38. The Balaban J connectivity index is 1.14. The summed E-state index contributed by atoms with van der Waals surface area (Å²) in [5, 5.41) is 12.2. The van der Waals surface area contributed by atoms with Crippen LogP contribution in [-0.4, -0.2) is 19.5 Å². The summed E-state index contributed by atoms with van der Waals surface area (Å²) >= 11 is 1.84. The van der Waals surface area contributed by atoms with Gasteiger partial charge in [-0.15, -0.1) is 11.3 Å². The van der Waals surface area contributed by atoms with Gasteiger partial charge in [0.05, 0.1) is 11.0 Å². The summed E-state index contributed by atoms with van der Waals surface area (Å²) in [6, 6.07) is 65.0. The zero-order valence-electron chi connectivity index (χ0n) is 30.0. The van der Waals surface area contributed by atoms with Gasteiger partial charge in [-0.3, -0.25) is 4.57 Å². The van der Waals surface area contributed by atoms with Crippen molar-refractivity contribution >= 4 is 85.6 Å².